The molecule has 0 radical (unpaired) electrons. The Bertz CT molecular complexity index is 391. The number of hydrogen-bond acceptors (Lipinski definition) is 3. The Hall–Kier alpha value is -1.53. The van der Waals surface area contributed by atoms with Gasteiger partial charge in [0, 0.05) is 6.04 Å². The Morgan fingerprint density at radius 1 is 1.41 bits per heavy atom. The van der Waals surface area contributed by atoms with Crippen molar-refractivity contribution in [2.45, 2.75) is 31.7 Å². The van der Waals surface area contributed by atoms with E-state index in [0.717, 1.165) is 19.4 Å². The van der Waals surface area contributed by atoms with Crippen molar-refractivity contribution in [1.29, 1.82) is 5.26 Å². The summed E-state index contributed by atoms with van der Waals surface area (Å²) in [4.78, 5) is 0. The van der Waals surface area contributed by atoms with E-state index >= 15 is 0 Å². The summed E-state index contributed by atoms with van der Waals surface area (Å²) < 4.78 is 5.64. The molecule has 0 amide bonds. The molecule has 0 spiro atoms. The molecule has 1 heterocycles. The van der Waals surface area contributed by atoms with Crippen LogP contribution in [-0.2, 0) is 0 Å². The normalized spacial score (nSPS) is 18.9. The van der Waals surface area contributed by atoms with Gasteiger partial charge < -0.3 is 10.1 Å². The molecule has 1 saturated heterocycles. The van der Waals surface area contributed by atoms with Gasteiger partial charge in [-0.05, 0) is 44.4 Å². The predicted octanol–water partition coefficient (Wildman–Crippen LogP) is 2.47. The summed E-state index contributed by atoms with van der Waals surface area (Å²) in [5.74, 6) is 0.703. The highest BCUT2D eigenvalue weighted by molar-refractivity contribution is 5.42. The molecule has 1 aliphatic heterocycles. The van der Waals surface area contributed by atoms with Crippen LogP contribution in [0, 0.1) is 11.3 Å². The maximum Gasteiger partial charge on any atom is 0.137 e. The van der Waals surface area contributed by atoms with Gasteiger partial charge >= 0.3 is 0 Å². The predicted molar refractivity (Wildman–Crippen MR) is 66.9 cm³/mol. The topological polar surface area (TPSA) is 45.0 Å². The third-order valence-electron chi connectivity index (χ3n) is 3.12. The molecule has 1 unspecified atom stereocenters. The van der Waals surface area contributed by atoms with Gasteiger partial charge in [-0.15, -0.1) is 0 Å². The highest BCUT2D eigenvalue weighted by Gasteiger charge is 2.13. The average Bonchev–Trinajstić information content (AvgIpc) is 2.88. The van der Waals surface area contributed by atoms with Gasteiger partial charge in [0.15, 0.2) is 0 Å². The van der Waals surface area contributed by atoms with E-state index in [4.69, 9.17) is 10.00 Å². The molecule has 17 heavy (non-hydrogen) atoms. The summed E-state index contributed by atoms with van der Waals surface area (Å²) >= 11 is 0. The monoisotopic (exact) mass is 230 g/mol. The van der Waals surface area contributed by atoms with E-state index in [0.29, 0.717) is 24.0 Å². The maximum absolute atomic E-state index is 8.91. The Morgan fingerprint density at radius 3 is 3.06 bits per heavy atom. The first-order valence-electron chi connectivity index (χ1n) is 6.25. The van der Waals surface area contributed by atoms with Crippen LogP contribution in [0.25, 0.3) is 0 Å². The minimum Gasteiger partial charge on any atom is -0.492 e. The molecule has 0 aromatic heterocycles. The van der Waals surface area contributed by atoms with Crippen molar-refractivity contribution in [1.82, 2.24) is 5.32 Å². The Kier molecular flexibility index (Phi) is 4.40. The van der Waals surface area contributed by atoms with Gasteiger partial charge in [-0.3, -0.25) is 0 Å². The summed E-state index contributed by atoms with van der Waals surface area (Å²) in [7, 11) is 0. The van der Waals surface area contributed by atoms with Crippen molar-refractivity contribution in [3.8, 4) is 11.8 Å². The molecule has 1 aromatic carbocycles. The summed E-state index contributed by atoms with van der Waals surface area (Å²) in [6.45, 7) is 1.85. The fourth-order valence-corrected chi connectivity index (χ4v) is 2.20. The number of rotatable bonds is 5. The molecular formula is C14H18N2O. The molecule has 1 atom stereocenters. The molecule has 0 bridgehead atoms. The largest absolute Gasteiger partial charge is 0.492 e. The SMILES string of the molecule is N#Cc1ccccc1OCCCC1CCCN1. The van der Waals surface area contributed by atoms with Gasteiger partial charge in [-0.25, -0.2) is 0 Å². The molecule has 3 nitrogen and oxygen atoms in total. The van der Waals surface area contributed by atoms with Gasteiger partial charge in [0.1, 0.15) is 11.8 Å². The highest BCUT2D eigenvalue weighted by Crippen LogP contribution is 2.17. The standard InChI is InChI=1S/C14H18N2O/c15-11-12-5-1-2-8-14(12)17-10-4-7-13-6-3-9-16-13/h1-2,5,8,13,16H,3-4,6-7,9-10H2. The molecule has 1 fully saturated rings. The molecule has 1 aliphatic rings. The van der Waals surface area contributed by atoms with E-state index < -0.39 is 0 Å². The second kappa shape index (κ2) is 6.27. The van der Waals surface area contributed by atoms with Crippen LogP contribution in [0.3, 0.4) is 0 Å². The van der Waals surface area contributed by atoms with Crippen LogP contribution in [0.4, 0.5) is 0 Å². The quantitative estimate of drug-likeness (QED) is 0.790. The molecule has 2 rings (SSSR count). The second-order valence-corrected chi connectivity index (χ2v) is 4.39. The van der Waals surface area contributed by atoms with E-state index in [-0.39, 0.29) is 0 Å². The molecule has 0 saturated carbocycles. The first-order valence-corrected chi connectivity index (χ1v) is 6.25. The highest BCUT2D eigenvalue weighted by atomic mass is 16.5. The lowest BCUT2D eigenvalue weighted by atomic mass is 10.1. The Morgan fingerprint density at radius 2 is 2.29 bits per heavy atom. The van der Waals surface area contributed by atoms with Crippen LogP contribution in [0.1, 0.15) is 31.2 Å². The van der Waals surface area contributed by atoms with Gasteiger partial charge in [0.05, 0.1) is 12.2 Å². The summed E-state index contributed by atoms with van der Waals surface area (Å²) in [6.07, 6.45) is 4.78. The number of nitrogens with zero attached hydrogens (tertiary/aromatic N) is 1. The molecule has 1 aromatic rings. The second-order valence-electron chi connectivity index (χ2n) is 4.39. The first-order chi connectivity index (χ1) is 8.40. The van der Waals surface area contributed by atoms with Crippen molar-refractivity contribution < 1.29 is 4.74 Å². The zero-order valence-corrected chi connectivity index (χ0v) is 9.98. The lowest BCUT2D eigenvalue weighted by molar-refractivity contribution is 0.298. The molecule has 0 aliphatic carbocycles. The number of ether oxygens (including phenoxy) is 1. The molecule has 90 valence electrons. The van der Waals surface area contributed by atoms with Crippen LogP contribution in [0.2, 0.25) is 0 Å². The summed E-state index contributed by atoms with van der Waals surface area (Å²) in [6, 6.07) is 10.2. The van der Waals surface area contributed by atoms with E-state index in [1.165, 1.54) is 12.8 Å². The van der Waals surface area contributed by atoms with E-state index in [2.05, 4.69) is 11.4 Å². The first kappa shape index (κ1) is 11.9. The third-order valence-corrected chi connectivity index (χ3v) is 3.12. The molecule has 1 N–H and O–H groups in total. The van der Waals surface area contributed by atoms with Crippen LogP contribution in [0.5, 0.6) is 5.75 Å². The fourth-order valence-electron chi connectivity index (χ4n) is 2.20. The Labute approximate surface area is 102 Å². The third kappa shape index (κ3) is 3.47. The number of benzene rings is 1. The van der Waals surface area contributed by atoms with Crippen molar-refractivity contribution in [3.05, 3.63) is 29.8 Å². The number of nitriles is 1. The zero-order valence-electron chi connectivity index (χ0n) is 9.98. The van der Waals surface area contributed by atoms with Crippen LogP contribution < -0.4 is 10.1 Å². The van der Waals surface area contributed by atoms with Crippen molar-refractivity contribution in [2.24, 2.45) is 0 Å². The lowest BCUT2D eigenvalue weighted by Crippen LogP contribution is -2.21. The fraction of sp³-hybridized carbons (Fsp3) is 0.500. The van der Waals surface area contributed by atoms with Gasteiger partial charge in [-0.2, -0.15) is 5.26 Å². The minimum absolute atomic E-state index is 0.617. The van der Waals surface area contributed by atoms with Gasteiger partial charge in [-0.1, -0.05) is 12.1 Å². The summed E-state index contributed by atoms with van der Waals surface area (Å²) in [5.41, 5.74) is 0.617. The van der Waals surface area contributed by atoms with Crippen LogP contribution in [0.15, 0.2) is 24.3 Å². The van der Waals surface area contributed by atoms with Crippen molar-refractivity contribution in [2.75, 3.05) is 13.2 Å². The average molecular weight is 230 g/mol. The van der Waals surface area contributed by atoms with Crippen molar-refractivity contribution >= 4 is 0 Å². The smallest absolute Gasteiger partial charge is 0.137 e. The number of nitrogens with one attached hydrogen (secondary N) is 1. The van der Waals surface area contributed by atoms with Crippen LogP contribution >= 0.6 is 0 Å². The van der Waals surface area contributed by atoms with Crippen LogP contribution in [-0.4, -0.2) is 19.2 Å². The van der Waals surface area contributed by atoms with Gasteiger partial charge in [0.25, 0.3) is 0 Å². The zero-order chi connectivity index (χ0) is 11.9. The number of para-hydroxylation sites is 1. The molecular weight excluding hydrogens is 212 g/mol. The molecule has 3 heteroatoms. The summed E-state index contributed by atoms with van der Waals surface area (Å²) in [5, 5.41) is 12.4. The van der Waals surface area contributed by atoms with E-state index in [1.54, 1.807) is 6.07 Å². The number of hydrogen-bond donors (Lipinski definition) is 1. The lowest BCUT2D eigenvalue weighted by Gasteiger charge is -2.11. The minimum atomic E-state index is 0.617. The van der Waals surface area contributed by atoms with E-state index in [9.17, 15) is 0 Å². The van der Waals surface area contributed by atoms with Gasteiger partial charge in [0.2, 0.25) is 0 Å². The van der Waals surface area contributed by atoms with E-state index in [1.807, 2.05) is 18.2 Å². The maximum atomic E-state index is 8.91. The van der Waals surface area contributed by atoms with Crippen molar-refractivity contribution in [3.63, 3.8) is 0 Å². The Balaban J connectivity index is 1.72.